The second kappa shape index (κ2) is 8.09. The molecule has 0 atom stereocenters. The van der Waals surface area contributed by atoms with Crippen molar-refractivity contribution in [3.8, 4) is 0 Å². The molecule has 0 spiro atoms. The number of benzene rings is 2. The van der Waals surface area contributed by atoms with Gasteiger partial charge in [0.15, 0.2) is 0 Å². The van der Waals surface area contributed by atoms with Crippen LogP contribution in [-0.4, -0.2) is 18.4 Å². The Kier molecular flexibility index (Phi) is 6.33. The van der Waals surface area contributed by atoms with Crippen molar-refractivity contribution in [2.24, 2.45) is 0 Å². The van der Waals surface area contributed by atoms with Crippen molar-refractivity contribution < 1.29 is 9.59 Å². The highest BCUT2D eigenvalue weighted by Crippen LogP contribution is 2.34. The maximum Gasteiger partial charge on any atom is 0.244 e. The van der Waals surface area contributed by atoms with Crippen LogP contribution in [0.3, 0.4) is 0 Å². The molecule has 2 aromatic carbocycles. The maximum absolute atomic E-state index is 12.5. The molecule has 0 aliphatic rings. The number of anilines is 2. The molecule has 0 aromatic heterocycles. The molecule has 2 amide bonds. The highest BCUT2D eigenvalue weighted by molar-refractivity contribution is 6.40. The number of para-hydroxylation sites is 1. The lowest BCUT2D eigenvalue weighted by Crippen LogP contribution is -2.37. The Labute approximate surface area is 161 Å². The molecular formula is C18H17Cl3N2O2. The first kappa shape index (κ1) is 19.6. The van der Waals surface area contributed by atoms with E-state index in [9.17, 15) is 9.59 Å². The molecule has 0 saturated heterocycles. The van der Waals surface area contributed by atoms with Crippen molar-refractivity contribution >= 4 is 58.0 Å². The molecule has 7 heteroatoms. The molecule has 0 fully saturated rings. The molecule has 0 bridgehead atoms. The van der Waals surface area contributed by atoms with E-state index in [1.807, 2.05) is 19.9 Å². The van der Waals surface area contributed by atoms with Crippen LogP contribution in [0.2, 0.25) is 15.1 Å². The minimum absolute atomic E-state index is 0.234. The van der Waals surface area contributed by atoms with E-state index in [0.717, 1.165) is 11.1 Å². The number of hydrogen-bond donors (Lipinski definition) is 1. The van der Waals surface area contributed by atoms with Gasteiger partial charge in [-0.15, -0.1) is 0 Å². The standard InChI is InChI=1S/C18H17Cl3N2O2/c1-10-7-11(2)17(15(21)8-10)22-16(25)9-23(12(3)24)18-13(19)5-4-6-14(18)20/h4-8H,9H2,1-3H3,(H,22,25). The number of carbonyl (C=O) groups is 2. The third-order valence-electron chi connectivity index (χ3n) is 3.59. The normalized spacial score (nSPS) is 10.5. The van der Waals surface area contributed by atoms with Gasteiger partial charge in [0.1, 0.15) is 6.54 Å². The SMILES string of the molecule is CC(=O)N(CC(=O)Nc1c(C)cc(C)cc1Cl)c1c(Cl)cccc1Cl. The zero-order valence-corrected chi connectivity index (χ0v) is 16.3. The van der Waals surface area contributed by atoms with Crippen LogP contribution in [0.1, 0.15) is 18.1 Å². The molecule has 0 aliphatic carbocycles. The van der Waals surface area contributed by atoms with Crippen LogP contribution >= 0.6 is 34.8 Å². The minimum atomic E-state index is -0.403. The second-order valence-electron chi connectivity index (χ2n) is 5.66. The van der Waals surface area contributed by atoms with Gasteiger partial charge in [0.2, 0.25) is 11.8 Å². The topological polar surface area (TPSA) is 49.4 Å². The fourth-order valence-corrected chi connectivity index (χ4v) is 3.46. The highest BCUT2D eigenvalue weighted by atomic mass is 35.5. The fourth-order valence-electron chi connectivity index (χ4n) is 2.49. The van der Waals surface area contributed by atoms with Crippen molar-refractivity contribution in [1.82, 2.24) is 0 Å². The Bertz CT molecular complexity index is 794. The smallest absolute Gasteiger partial charge is 0.244 e. The van der Waals surface area contributed by atoms with Crippen LogP contribution < -0.4 is 10.2 Å². The lowest BCUT2D eigenvalue weighted by atomic mass is 10.1. The first-order valence-electron chi connectivity index (χ1n) is 7.49. The van der Waals surface area contributed by atoms with E-state index in [1.165, 1.54) is 11.8 Å². The van der Waals surface area contributed by atoms with Crippen molar-refractivity contribution in [2.45, 2.75) is 20.8 Å². The van der Waals surface area contributed by atoms with Crippen molar-refractivity contribution in [3.63, 3.8) is 0 Å². The summed E-state index contributed by atoms with van der Waals surface area (Å²) < 4.78 is 0. The molecule has 0 radical (unpaired) electrons. The van der Waals surface area contributed by atoms with Crippen LogP contribution in [0, 0.1) is 13.8 Å². The summed E-state index contributed by atoms with van der Waals surface area (Å²) in [7, 11) is 0. The number of nitrogens with zero attached hydrogens (tertiary/aromatic N) is 1. The summed E-state index contributed by atoms with van der Waals surface area (Å²) in [5, 5.41) is 3.77. The molecule has 0 aliphatic heterocycles. The monoisotopic (exact) mass is 398 g/mol. The van der Waals surface area contributed by atoms with E-state index in [-0.39, 0.29) is 12.5 Å². The molecule has 4 nitrogen and oxygen atoms in total. The molecule has 2 rings (SSSR count). The predicted octanol–water partition coefficient (Wildman–Crippen LogP) is 5.26. The van der Waals surface area contributed by atoms with Gasteiger partial charge in [0.25, 0.3) is 0 Å². The lowest BCUT2D eigenvalue weighted by molar-refractivity contribution is -0.120. The number of carbonyl (C=O) groups excluding carboxylic acids is 2. The van der Waals surface area contributed by atoms with Gasteiger partial charge in [0.05, 0.1) is 26.4 Å². The zero-order chi connectivity index (χ0) is 18.7. The number of amides is 2. The van der Waals surface area contributed by atoms with E-state index >= 15 is 0 Å². The molecular weight excluding hydrogens is 383 g/mol. The van der Waals surface area contributed by atoms with Crippen molar-refractivity contribution in [2.75, 3.05) is 16.8 Å². The van der Waals surface area contributed by atoms with Gasteiger partial charge >= 0.3 is 0 Å². The van der Waals surface area contributed by atoms with Crippen LogP contribution in [0.25, 0.3) is 0 Å². The first-order valence-corrected chi connectivity index (χ1v) is 8.62. The number of halogens is 3. The van der Waals surface area contributed by atoms with Gasteiger partial charge in [-0.25, -0.2) is 0 Å². The Morgan fingerprint density at radius 2 is 1.64 bits per heavy atom. The Morgan fingerprint density at radius 3 is 2.16 bits per heavy atom. The van der Waals surface area contributed by atoms with Gasteiger partial charge in [-0.1, -0.05) is 46.9 Å². The van der Waals surface area contributed by atoms with E-state index in [1.54, 1.807) is 24.3 Å². The molecule has 1 N–H and O–H groups in total. The van der Waals surface area contributed by atoms with Gasteiger partial charge < -0.3 is 10.2 Å². The summed E-state index contributed by atoms with van der Waals surface area (Å²) in [6.45, 7) is 4.88. The Hall–Kier alpha value is -1.75. The fraction of sp³-hybridized carbons (Fsp3) is 0.222. The summed E-state index contributed by atoms with van der Waals surface area (Å²) in [6, 6.07) is 8.56. The summed E-state index contributed by atoms with van der Waals surface area (Å²) in [5.74, 6) is -0.753. The van der Waals surface area contributed by atoms with Crippen molar-refractivity contribution in [1.29, 1.82) is 0 Å². The average molecular weight is 400 g/mol. The van der Waals surface area contributed by atoms with E-state index in [0.29, 0.717) is 26.4 Å². The molecule has 0 unspecified atom stereocenters. The van der Waals surface area contributed by atoms with E-state index < -0.39 is 5.91 Å². The Morgan fingerprint density at radius 1 is 1.04 bits per heavy atom. The molecule has 25 heavy (non-hydrogen) atoms. The summed E-state index contributed by atoms with van der Waals surface area (Å²) in [4.78, 5) is 25.7. The predicted molar refractivity (Wildman–Crippen MR) is 104 cm³/mol. The van der Waals surface area contributed by atoms with E-state index in [4.69, 9.17) is 34.8 Å². The Balaban J connectivity index is 2.27. The minimum Gasteiger partial charge on any atom is -0.323 e. The van der Waals surface area contributed by atoms with Crippen LogP contribution in [0.15, 0.2) is 30.3 Å². The number of hydrogen-bond acceptors (Lipinski definition) is 2. The van der Waals surface area contributed by atoms with Crippen LogP contribution in [0.4, 0.5) is 11.4 Å². The maximum atomic E-state index is 12.5. The molecule has 132 valence electrons. The average Bonchev–Trinajstić information content (AvgIpc) is 2.49. The largest absolute Gasteiger partial charge is 0.323 e. The number of aryl methyl sites for hydroxylation is 2. The quantitative estimate of drug-likeness (QED) is 0.763. The highest BCUT2D eigenvalue weighted by Gasteiger charge is 2.21. The number of nitrogens with one attached hydrogen (secondary N) is 1. The van der Waals surface area contributed by atoms with E-state index in [2.05, 4.69) is 5.32 Å². The second-order valence-corrected chi connectivity index (χ2v) is 6.88. The molecule has 2 aromatic rings. The summed E-state index contributed by atoms with van der Waals surface area (Å²) >= 11 is 18.5. The van der Waals surface area contributed by atoms with Gasteiger partial charge in [-0.2, -0.15) is 0 Å². The van der Waals surface area contributed by atoms with Crippen molar-refractivity contribution in [3.05, 3.63) is 56.5 Å². The van der Waals surface area contributed by atoms with Crippen LogP contribution in [-0.2, 0) is 9.59 Å². The molecule has 0 heterocycles. The summed E-state index contributed by atoms with van der Waals surface area (Å²) in [6.07, 6.45) is 0. The zero-order valence-electron chi connectivity index (χ0n) is 14.0. The van der Waals surface area contributed by atoms with Gasteiger partial charge in [-0.3, -0.25) is 9.59 Å². The first-order chi connectivity index (χ1) is 11.7. The van der Waals surface area contributed by atoms with Gasteiger partial charge in [-0.05, 0) is 43.2 Å². The number of rotatable bonds is 4. The lowest BCUT2D eigenvalue weighted by Gasteiger charge is -2.23. The van der Waals surface area contributed by atoms with Crippen LogP contribution in [0.5, 0.6) is 0 Å². The molecule has 0 saturated carbocycles. The third kappa shape index (κ3) is 4.66. The summed E-state index contributed by atoms with van der Waals surface area (Å²) in [5.41, 5.74) is 2.66. The third-order valence-corrected chi connectivity index (χ3v) is 4.49. The van der Waals surface area contributed by atoms with Gasteiger partial charge in [0, 0.05) is 6.92 Å².